The number of nitrogens with two attached hydrogens (primary N) is 1. The lowest BCUT2D eigenvalue weighted by Gasteiger charge is -2.24. The summed E-state index contributed by atoms with van der Waals surface area (Å²) >= 11 is 0. The van der Waals surface area contributed by atoms with Gasteiger partial charge in [0.15, 0.2) is 5.78 Å². The molecule has 0 bridgehead atoms. The van der Waals surface area contributed by atoms with Crippen molar-refractivity contribution in [1.29, 1.82) is 0 Å². The van der Waals surface area contributed by atoms with Crippen LogP contribution in [-0.4, -0.2) is 24.3 Å². The van der Waals surface area contributed by atoms with E-state index in [-0.39, 0.29) is 18.2 Å². The molecule has 0 fully saturated rings. The van der Waals surface area contributed by atoms with Crippen LogP contribution in [0.5, 0.6) is 0 Å². The molecule has 0 saturated heterocycles. The molecule has 4 nitrogen and oxygen atoms in total. The Hall–Kier alpha value is -3.50. The van der Waals surface area contributed by atoms with Gasteiger partial charge in [-0.25, -0.2) is 0 Å². The molecule has 3 aromatic carbocycles. The highest BCUT2D eigenvalue weighted by molar-refractivity contribution is 6.11. The minimum atomic E-state index is -0.831. The number of carbonyl (C=O) groups excluding carboxylic acids is 2. The number of anilines is 1. The van der Waals surface area contributed by atoms with Crippen LogP contribution in [0.4, 0.5) is 5.69 Å². The van der Waals surface area contributed by atoms with Gasteiger partial charge in [-0.15, -0.1) is 0 Å². The Balaban J connectivity index is 1.78. The van der Waals surface area contributed by atoms with Gasteiger partial charge in [0.1, 0.15) is 6.04 Å². The Morgan fingerprint density at radius 2 is 1.59 bits per heavy atom. The molecule has 0 radical (unpaired) electrons. The standard InChI is InChI=1S/C25H22N2O2/c1-17-9-5-6-12-19(17)24(28)16-27-23-14-8-7-13-20(23)21(15-22(26)25(27)29)18-10-3-2-4-11-18/h2-15,22H,16,26H2,1H3. The normalized spacial score (nSPS) is 16.1. The summed E-state index contributed by atoms with van der Waals surface area (Å²) in [7, 11) is 0. The molecule has 0 saturated carbocycles. The number of ketones is 1. The first-order chi connectivity index (χ1) is 14.1. The molecule has 0 aliphatic carbocycles. The minimum Gasteiger partial charge on any atom is -0.317 e. The van der Waals surface area contributed by atoms with Crippen LogP contribution in [0.3, 0.4) is 0 Å². The Morgan fingerprint density at radius 1 is 0.931 bits per heavy atom. The van der Waals surface area contributed by atoms with E-state index in [1.165, 1.54) is 4.90 Å². The molecule has 144 valence electrons. The van der Waals surface area contributed by atoms with Crippen molar-refractivity contribution in [2.75, 3.05) is 11.4 Å². The van der Waals surface area contributed by atoms with Crippen molar-refractivity contribution in [3.05, 3.63) is 107 Å². The van der Waals surface area contributed by atoms with Crippen molar-refractivity contribution >= 4 is 23.0 Å². The number of hydrogen-bond acceptors (Lipinski definition) is 3. The molecule has 4 rings (SSSR count). The number of hydrogen-bond donors (Lipinski definition) is 1. The molecule has 1 aliphatic rings. The van der Waals surface area contributed by atoms with Crippen molar-refractivity contribution in [3.8, 4) is 0 Å². The number of carbonyl (C=O) groups is 2. The second-order valence-electron chi connectivity index (χ2n) is 7.15. The summed E-state index contributed by atoms with van der Waals surface area (Å²) in [5.74, 6) is -0.396. The maximum absolute atomic E-state index is 13.1. The van der Waals surface area contributed by atoms with E-state index in [0.29, 0.717) is 11.3 Å². The maximum Gasteiger partial charge on any atom is 0.248 e. The zero-order valence-corrected chi connectivity index (χ0v) is 16.2. The van der Waals surface area contributed by atoms with E-state index < -0.39 is 6.04 Å². The molecule has 1 heterocycles. The summed E-state index contributed by atoms with van der Waals surface area (Å²) in [5.41, 5.74) is 11.2. The third-order valence-corrected chi connectivity index (χ3v) is 5.21. The third kappa shape index (κ3) is 3.62. The van der Waals surface area contributed by atoms with Crippen molar-refractivity contribution in [2.45, 2.75) is 13.0 Å². The number of rotatable bonds is 4. The number of amides is 1. The summed E-state index contributed by atoms with van der Waals surface area (Å²) in [6, 6.07) is 24.1. The van der Waals surface area contributed by atoms with Gasteiger partial charge in [-0.2, -0.15) is 0 Å². The lowest BCUT2D eigenvalue weighted by molar-refractivity contribution is -0.118. The SMILES string of the molecule is Cc1ccccc1C(=O)CN1C(=O)C(N)C=C(c2ccccc2)c2ccccc21. The van der Waals surface area contributed by atoms with E-state index in [1.807, 2.05) is 79.7 Å². The number of nitrogens with zero attached hydrogens (tertiary/aromatic N) is 1. The van der Waals surface area contributed by atoms with Crippen LogP contribution in [-0.2, 0) is 4.79 Å². The number of benzene rings is 3. The molecule has 0 aromatic heterocycles. The quantitative estimate of drug-likeness (QED) is 0.694. The van der Waals surface area contributed by atoms with E-state index in [9.17, 15) is 9.59 Å². The zero-order valence-electron chi connectivity index (χ0n) is 16.2. The van der Waals surface area contributed by atoms with Gasteiger partial charge in [0, 0.05) is 11.1 Å². The van der Waals surface area contributed by atoms with Crippen molar-refractivity contribution < 1.29 is 9.59 Å². The minimum absolute atomic E-state index is 0.0513. The molecular weight excluding hydrogens is 360 g/mol. The van der Waals surface area contributed by atoms with Crippen LogP contribution in [0.1, 0.15) is 27.0 Å². The third-order valence-electron chi connectivity index (χ3n) is 5.21. The molecule has 29 heavy (non-hydrogen) atoms. The van der Waals surface area contributed by atoms with Crippen LogP contribution in [0.15, 0.2) is 84.9 Å². The molecule has 1 aliphatic heterocycles. The van der Waals surface area contributed by atoms with Crippen molar-refractivity contribution in [3.63, 3.8) is 0 Å². The molecule has 0 spiro atoms. The molecule has 4 heteroatoms. The topological polar surface area (TPSA) is 63.4 Å². The van der Waals surface area contributed by atoms with E-state index in [2.05, 4.69) is 0 Å². The Bertz CT molecular complexity index is 1100. The fraction of sp³-hybridized carbons (Fsp3) is 0.120. The van der Waals surface area contributed by atoms with Gasteiger partial charge in [-0.1, -0.05) is 72.8 Å². The monoisotopic (exact) mass is 382 g/mol. The summed E-state index contributed by atoms with van der Waals surface area (Å²) in [4.78, 5) is 27.7. The molecule has 1 amide bonds. The number of para-hydroxylation sites is 1. The fourth-order valence-corrected chi connectivity index (χ4v) is 3.72. The molecule has 3 aromatic rings. The molecular formula is C25H22N2O2. The molecule has 1 unspecified atom stereocenters. The lowest BCUT2D eigenvalue weighted by atomic mass is 9.95. The van der Waals surface area contributed by atoms with Gasteiger partial charge >= 0.3 is 0 Å². The first-order valence-electron chi connectivity index (χ1n) is 9.58. The number of Topliss-reactive ketones (excluding diaryl/α,β-unsaturated/α-hetero) is 1. The van der Waals surface area contributed by atoms with Crippen LogP contribution in [0.2, 0.25) is 0 Å². The second kappa shape index (κ2) is 7.86. The predicted molar refractivity (Wildman–Crippen MR) is 116 cm³/mol. The van der Waals surface area contributed by atoms with E-state index in [0.717, 1.165) is 22.3 Å². The fourth-order valence-electron chi connectivity index (χ4n) is 3.72. The van der Waals surface area contributed by atoms with Crippen LogP contribution in [0.25, 0.3) is 5.57 Å². The summed E-state index contributed by atoms with van der Waals surface area (Å²) in [6.45, 7) is 1.84. The largest absolute Gasteiger partial charge is 0.317 e. The van der Waals surface area contributed by atoms with E-state index in [1.54, 1.807) is 12.1 Å². The zero-order chi connectivity index (χ0) is 20.4. The predicted octanol–water partition coefficient (Wildman–Crippen LogP) is 3.98. The van der Waals surface area contributed by atoms with Gasteiger partial charge in [-0.3, -0.25) is 9.59 Å². The summed E-state index contributed by atoms with van der Waals surface area (Å²) < 4.78 is 0. The van der Waals surface area contributed by atoms with E-state index in [4.69, 9.17) is 5.73 Å². The highest BCUT2D eigenvalue weighted by Crippen LogP contribution is 2.35. The molecule has 2 N–H and O–H groups in total. The van der Waals surface area contributed by atoms with Crippen molar-refractivity contribution in [1.82, 2.24) is 0 Å². The highest BCUT2D eigenvalue weighted by atomic mass is 16.2. The second-order valence-corrected chi connectivity index (χ2v) is 7.15. The Labute approximate surface area is 170 Å². The Morgan fingerprint density at radius 3 is 2.34 bits per heavy atom. The van der Waals surface area contributed by atoms with Gasteiger partial charge in [0.25, 0.3) is 0 Å². The molecule has 1 atom stereocenters. The number of aryl methyl sites for hydroxylation is 1. The maximum atomic E-state index is 13.1. The van der Waals surface area contributed by atoms with Crippen LogP contribution in [0, 0.1) is 6.92 Å². The first kappa shape index (κ1) is 18.8. The highest BCUT2D eigenvalue weighted by Gasteiger charge is 2.30. The average Bonchev–Trinajstić information content (AvgIpc) is 2.85. The van der Waals surface area contributed by atoms with Gasteiger partial charge in [0.2, 0.25) is 5.91 Å². The lowest BCUT2D eigenvalue weighted by Crippen LogP contribution is -2.44. The number of fused-ring (bicyclic) bond motifs is 1. The van der Waals surface area contributed by atoms with Gasteiger partial charge < -0.3 is 10.6 Å². The van der Waals surface area contributed by atoms with Gasteiger partial charge in [-0.05, 0) is 35.8 Å². The van der Waals surface area contributed by atoms with E-state index >= 15 is 0 Å². The van der Waals surface area contributed by atoms with Crippen molar-refractivity contribution in [2.24, 2.45) is 5.73 Å². The summed E-state index contributed by atoms with van der Waals surface area (Å²) in [6.07, 6.45) is 1.79. The summed E-state index contributed by atoms with van der Waals surface area (Å²) in [5, 5.41) is 0. The van der Waals surface area contributed by atoms with Crippen LogP contribution >= 0.6 is 0 Å². The smallest absolute Gasteiger partial charge is 0.248 e. The van der Waals surface area contributed by atoms with Gasteiger partial charge in [0.05, 0.1) is 12.2 Å². The average molecular weight is 382 g/mol. The van der Waals surface area contributed by atoms with Crippen LogP contribution < -0.4 is 10.6 Å². The first-order valence-corrected chi connectivity index (χ1v) is 9.58. The Kier molecular flexibility index (Phi) is 5.10.